The minimum atomic E-state index is -3.85. The summed E-state index contributed by atoms with van der Waals surface area (Å²) in [6, 6.07) is 12.0. The van der Waals surface area contributed by atoms with Gasteiger partial charge in [0, 0.05) is 17.8 Å². The zero-order chi connectivity index (χ0) is 15.5. The Bertz CT molecular complexity index is 745. The molecule has 0 atom stereocenters. The number of benzene rings is 2. The highest BCUT2D eigenvalue weighted by Gasteiger charge is 2.14. The first-order valence-electron chi connectivity index (χ1n) is 6.20. The Balaban J connectivity index is 2.29. The number of hydrogen-bond donors (Lipinski definition) is 3. The maximum absolute atomic E-state index is 11.6. The molecule has 0 unspecified atom stereocenters. The predicted molar refractivity (Wildman–Crippen MR) is 82.5 cm³/mol. The van der Waals surface area contributed by atoms with Gasteiger partial charge in [-0.3, -0.25) is 0 Å². The van der Waals surface area contributed by atoms with Gasteiger partial charge in [0.25, 0.3) is 0 Å². The van der Waals surface area contributed by atoms with E-state index in [1.54, 1.807) is 19.2 Å². The quantitative estimate of drug-likeness (QED) is 0.726. The van der Waals surface area contributed by atoms with Crippen molar-refractivity contribution in [1.82, 2.24) is 0 Å². The first-order valence-corrected chi connectivity index (χ1v) is 7.74. The Kier molecular flexibility index (Phi) is 4.35. The summed E-state index contributed by atoms with van der Waals surface area (Å²) in [6.07, 6.45) is 0. The van der Waals surface area contributed by atoms with Gasteiger partial charge >= 0.3 is 0 Å². The van der Waals surface area contributed by atoms with E-state index >= 15 is 0 Å². The Morgan fingerprint density at radius 2 is 1.90 bits per heavy atom. The number of rotatable bonds is 5. The average Bonchev–Trinajstić information content (AvgIpc) is 2.45. The Morgan fingerprint density at radius 3 is 2.57 bits per heavy atom. The molecule has 7 heteroatoms. The van der Waals surface area contributed by atoms with Crippen LogP contribution in [-0.4, -0.2) is 15.5 Å². The van der Waals surface area contributed by atoms with E-state index in [1.807, 2.05) is 24.3 Å². The van der Waals surface area contributed by atoms with Gasteiger partial charge in [0.15, 0.2) is 0 Å². The molecule has 2 rings (SSSR count). The number of hydrogen-bond acceptors (Lipinski definition) is 5. The molecule has 21 heavy (non-hydrogen) atoms. The van der Waals surface area contributed by atoms with Gasteiger partial charge in [-0.15, -0.1) is 0 Å². The molecule has 0 aliphatic heterocycles. The molecule has 0 amide bonds. The third-order valence-electron chi connectivity index (χ3n) is 2.97. The number of primary sulfonamides is 1. The van der Waals surface area contributed by atoms with Crippen LogP contribution in [0.2, 0.25) is 0 Å². The second-order valence-corrected chi connectivity index (χ2v) is 6.00. The number of ether oxygens (including phenoxy) is 1. The van der Waals surface area contributed by atoms with Crippen LogP contribution in [0.15, 0.2) is 47.4 Å². The van der Waals surface area contributed by atoms with E-state index in [1.165, 1.54) is 6.07 Å². The predicted octanol–water partition coefficient (Wildman–Crippen LogP) is 1.54. The number of nitrogens with one attached hydrogen (secondary N) is 1. The molecule has 0 aromatic heterocycles. The summed E-state index contributed by atoms with van der Waals surface area (Å²) < 4.78 is 28.4. The average molecular weight is 307 g/mol. The SMILES string of the molecule is COc1ccccc1CNc1ccc(N)cc1S(N)(=O)=O. The highest BCUT2D eigenvalue weighted by Crippen LogP contribution is 2.25. The van der Waals surface area contributed by atoms with Gasteiger partial charge in [-0.1, -0.05) is 18.2 Å². The first-order chi connectivity index (χ1) is 9.91. The number of methoxy groups -OCH3 is 1. The molecular weight excluding hydrogens is 290 g/mol. The van der Waals surface area contributed by atoms with Gasteiger partial charge in [-0.2, -0.15) is 0 Å². The number of anilines is 2. The molecule has 112 valence electrons. The van der Waals surface area contributed by atoms with Crippen molar-refractivity contribution in [2.24, 2.45) is 5.14 Å². The van der Waals surface area contributed by atoms with Crippen molar-refractivity contribution in [1.29, 1.82) is 0 Å². The summed E-state index contributed by atoms with van der Waals surface area (Å²) in [5.41, 5.74) is 7.25. The Morgan fingerprint density at radius 1 is 1.19 bits per heavy atom. The van der Waals surface area contributed by atoms with Crippen molar-refractivity contribution in [2.45, 2.75) is 11.4 Å². The molecule has 2 aromatic rings. The molecule has 0 saturated carbocycles. The van der Waals surface area contributed by atoms with Crippen LogP contribution in [0.5, 0.6) is 5.75 Å². The van der Waals surface area contributed by atoms with Crippen molar-refractivity contribution in [3.63, 3.8) is 0 Å². The van der Waals surface area contributed by atoms with Gasteiger partial charge in [-0.25, -0.2) is 13.6 Å². The first kappa shape index (κ1) is 15.1. The fourth-order valence-corrected chi connectivity index (χ4v) is 2.71. The lowest BCUT2D eigenvalue weighted by Crippen LogP contribution is -2.15. The van der Waals surface area contributed by atoms with Crippen LogP contribution < -0.4 is 20.9 Å². The number of para-hydroxylation sites is 1. The van der Waals surface area contributed by atoms with Crippen molar-refractivity contribution in [3.8, 4) is 5.75 Å². The van der Waals surface area contributed by atoms with Gasteiger partial charge in [0.2, 0.25) is 10.0 Å². The molecule has 6 nitrogen and oxygen atoms in total. The standard InChI is InChI=1S/C14H17N3O3S/c1-20-13-5-3-2-4-10(13)9-17-12-7-6-11(15)8-14(12)21(16,18)19/h2-8,17H,9,15H2,1H3,(H2,16,18,19). The van der Waals surface area contributed by atoms with Crippen molar-refractivity contribution in [2.75, 3.05) is 18.2 Å². The minimum absolute atomic E-state index is 0.0302. The Hall–Kier alpha value is -2.25. The van der Waals surface area contributed by atoms with E-state index < -0.39 is 10.0 Å². The lowest BCUT2D eigenvalue weighted by Gasteiger charge is -2.13. The molecule has 0 bridgehead atoms. The zero-order valence-corrected chi connectivity index (χ0v) is 12.4. The fraction of sp³-hybridized carbons (Fsp3) is 0.143. The summed E-state index contributed by atoms with van der Waals surface area (Å²) in [7, 11) is -2.27. The van der Waals surface area contributed by atoms with E-state index in [2.05, 4.69) is 5.32 Å². The van der Waals surface area contributed by atoms with E-state index in [0.29, 0.717) is 17.9 Å². The van der Waals surface area contributed by atoms with Crippen molar-refractivity contribution >= 4 is 21.4 Å². The van der Waals surface area contributed by atoms with Crippen LogP contribution >= 0.6 is 0 Å². The van der Waals surface area contributed by atoms with E-state index in [-0.39, 0.29) is 4.90 Å². The summed E-state index contributed by atoms with van der Waals surface area (Å²) >= 11 is 0. The van der Waals surface area contributed by atoms with Gasteiger partial charge in [0.05, 0.1) is 12.8 Å². The topological polar surface area (TPSA) is 107 Å². The van der Waals surface area contributed by atoms with Crippen LogP contribution in [0.4, 0.5) is 11.4 Å². The third-order valence-corrected chi connectivity index (χ3v) is 3.92. The van der Waals surface area contributed by atoms with Crippen LogP contribution in [0.3, 0.4) is 0 Å². The van der Waals surface area contributed by atoms with Crippen molar-refractivity contribution in [3.05, 3.63) is 48.0 Å². The number of nitrogens with two attached hydrogens (primary N) is 2. The minimum Gasteiger partial charge on any atom is -0.496 e. The molecule has 5 N–H and O–H groups in total. The lowest BCUT2D eigenvalue weighted by atomic mass is 10.2. The zero-order valence-electron chi connectivity index (χ0n) is 11.5. The van der Waals surface area contributed by atoms with E-state index in [4.69, 9.17) is 15.6 Å². The second kappa shape index (κ2) is 6.02. The highest BCUT2D eigenvalue weighted by atomic mass is 32.2. The second-order valence-electron chi connectivity index (χ2n) is 4.47. The molecule has 0 aliphatic carbocycles. The molecule has 0 heterocycles. The molecule has 0 fully saturated rings. The van der Waals surface area contributed by atoms with Gasteiger partial charge in [0.1, 0.15) is 10.6 Å². The van der Waals surface area contributed by atoms with Crippen molar-refractivity contribution < 1.29 is 13.2 Å². The number of sulfonamides is 1. The molecule has 2 aromatic carbocycles. The molecular formula is C14H17N3O3S. The van der Waals surface area contributed by atoms with E-state index in [0.717, 1.165) is 11.3 Å². The normalized spacial score (nSPS) is 11.1. The van der Waals surface area contributed by atoms with Crippen LogP contribution in [0.25, 0.3) is 0 Å². The Labute approximate surface area is 123 Å². The lowest BCUT2D eigenvalue weighted by molar-refractivity contribution is 0.410. The maximum atomic E-state index is 11.6. The molecule has 0 spiro atoms. The monoisotopic (exact) mass is 307 g/mol. The molecule has 0 aliphatic rings. The molecule has 0 saturated heterocycles. The summed E-state index contributed by atoms with van der Waals surface area (Å²) in [6.45, 7) is 0.399. The fourth-order valence-electron chi connectivity index (χ4n) is 1.96. The third kappa shape index (κ3) is 3.65. The summed E-state index contributed by atoms with van der Waals surface area (Å²) in [5, 5.41) is 8.25. The summed E-state index contributed by atoms with van der Waals surface area (Å²) in [5.74, 6) is 0.720. The smallest absolute Gasteiger partial charge is 0.240 e. The van der Waals surface area contributed by atoms with Crippen LogP contribution in [-0.2, 0) is 16.6 Å². The van der Waals surface area contributed by atoms with Gasteiger partial charge in [-0.05, 0) is 24.3 Å². The highest BCUT2D eigenvalue weighted by molar-refractivity contribution is 7.89. The van der Waals surface area contributed by atoms with Crippen LogP contribution in [0, 0.1) is 0 Å². The van der Waals surface area contributed by atoms with Gasteiger partial charge < -0.3 is 15.8 Å². The van der Waals surface area contributed by atoms with E-state index in [9.17, 15) is 8.42 Å². The molecule has 0 radical (unpaired) electrons. The number of nitrogen functional groups attached to an aromatic ring is 1. The van der Waals surface area contributed by atoms with Crippen LogP contribution in [0.1, 0.15) is 5.56 Å². The summed E-state index contributed by atoms with van der Waals surface area (Å²) in [4.78, 5) is -0.0302. The maximum Gasteiger partial charge on any atom is 0.240 e. The largest absolute Gasteiger partial charge is 0.496 e.